The highest BCUT2D eigenvalue weighted by atomic mass is 19.1. The molecule has 2 aromatic rings. The Labute approximate surface area is 218 Å². The highest BCUT2D eigenvalue weighted by Gasteiger charge is 2.47. The molecule has 3 atom stereocenters. The predicted octanol–water partition coefficient (Wildman–Crippen LogP) is 4.86. The Morgan fingerprint density at radius 1 is 1.08 bits per heavy atom. The van der Waals surface area contributed by atoms with Gasteiger partial charge in [-0.05, 0) is 62.8 Å². The van der Waals surface area contributed by atoms with E-state index in [1.807, 2.05) is 17.1 Å². The molecular formula is C29H37F2N4O2-. The number of carbonyl (C=O) groups is 1. The number of rotatable bonds is 4. The van der Waals surface area contributed by atoms with Gasteiger partial charge in [0.05, 0.1) is 6.04 Å². The molecule has 2 heterocycles. The monoisotopic (exact) mass is 511 g/mol. The number of nitrogens with zero attached hydrogens (tertiary/aromatic N) is 3. The van der Waals surface area contributed by atoms with Crippen molar-refractivity contribution in [1.82, 2.24) is 20.4 Å². The molecule has 2 unspecified atom stereocenters. The lowest BCUT2D eigenvalue weighted by Gasteiger charge is -2.51. The Morgan fingerprint density at radius 3 is 2.43 bits per heavy atom. The molecule has 1 aliphatic carbocycles. The van der Waals surface area contributed by atoms with E-state index in [4.69, 9.17) is 0 Å². The second kappa shape index (κ2) is 9.73. The highest BCUT2D eigenvalue weighted by Crippen LogP contribution is 2.51. The van der Waals surface area contributed by atoms with Gasteiger partial charge in [-0.15, -0.1) is 0 Å². The summed E-state index contributed by atoms with van der Waals surface area (Å²) in [5.41, 5.74) is 2.60. The number of halogens is 2. The maximum atomic E-state index is 14.9. The number of hydrogen-bond acceptors (Lipinski definition) is 5. The molecule has 200 valence electrons. The van der Waals surface area contributed by atoms with Crippen LogP contribution in [0, 0.1) is 16.8 Å². The van der Waals surface area contributed by atoms with E-state index in [1.54, 1.807) is 6.92 Å². The Balaban J connectivity index is 1.35. The van der Waals surface area contributed by atoms with Gasteiger partial charge in [0, 0.05) is 62.1 Å². The van der Waals surface area contributed by atoms with Crippen molar-refractivity contribution >= 4 is 5.91 Å². The summed E-state index contributed by atoms with van der Waals surface area (Å²) in [6, 6.07) is 11.5. The van der Waals surface area contributed by atoms with Crippen LogP contribution in [0.1, 0.15) is 75.6 Å². The van der Waals surface area contributed by atoms with Crippen LogP contribution < -0.4 is 5.32 Å². The van der Waals surface area contributed by atoms with Gasteiger partial charge in [0.2, 0.25) is 5.91 Å². The van der Waals surface area contributed by atoms with Gasteiger partial charge in [-0.2, -0.15) is 0 Å². The number of benzene rings is 2. The number of hydrazine groups is 1. The molecule has 3 aliphatic rings. The minimum Gasteiger partial charge on any atom is -0.771 e. The van der Waals surface area contributed by atoms with Crippen LogP contribution in [0.5, 0.6) is 0 Å². The summed E-state index contributed by atoms with van der Waals surface area (Å²) in [6.07, 6.45) is 2.46. The van der Waals surface area contributed by atoms with Crippen LogP contribution in [-0.2, 0) is 10.2 Å². The van der Waals surface area contributed by atoms with Crippen molar-refractivity contribution in [3.8, 4) is 0 Å². The minimum atomic E-state index is -0.613. The van der Waals surface area contributed by atoms with Crippen molar-refractivity contribution in [2.75, 3.05) is 26.2 Å². The molecule has 1 N–H and O–H groups in total. The van der Waals surface area contributed by atoms with E-state index in [0.717, 1.165) is 30.5 Å². The van der Waals surface area contributed by atoms with Crippen LogP contribution in [0.15, 0.2) is 42.5 Å². The van der Waals surface area contributed by atoms with Crippen molar-refractivity contribution in [2.45, 2.75) is 75.9 Å². The molecular weight excluding hydrogens is 474 g/mol. The topological polar surface area (TPSA) is 61.9 Å². The first kappa shape index (κ1) is 26.2. The van der Waals surface area contributed by atoms with Crippen LogP contribution in [0.4, 0.5) is 8.78 Å². The van der Waals surface area contributed by atoms with Gasteiger partial charge >= 0.3 is 0 Å². The van der Waals surface area contributed by atoms with E-state index in [9.17, 15) is 18.8 Å². The molecule has 8 heteroatoms. The lowest BCUT2D eigenvalue weighted by Crippen LogP contribution is -2.53. The smallest absolute Gasteiger partial charge is 0.217 e. The first-order chi connectivity index (χ1) is 17.5. The number of carbonyl (C=O) groups excluding carboxylic acids is 1. The predicted molar refractivity (Wildman–Crippen MR) is 140 cm³/mol. The number of piperidine rings is 1. The van der Waals surface area contributed by atoms with Gasteiger partial charge in [0.25, 0.3) is 0 Å². The number of fused-ring (bicyclic) bond motifs is 2. The van der Waals surface area contributed by atoms with E-state index < -0.39 is 17.7 Å². The van der Waals surface area contributed by atoms with Crippen molar-refractivity contribution in [1.29, 1.82) is 0 Å². The van der Waals surface area contributed by atoms with Crippen molar-refractivity contribution in [2.24, 2.45) is 0 Å². The molecule has 5 rings (SSSR count). The van der Waals surface area contributed by atoms with E-state index in [-0.39, 0.29) is 28.8 Å². The molecule has 2 saturated heterocycles. The lowest BCUT2D eigenvalue weighted by molar-refractivity contribution is -0.119. The largest absolute Gasteiger partial charge is 0.771 e. The van der Waals surface area contributed by atoms with E-state index >= 15 is 0 Å². The number of hydrogen-bond donors (Lipinski definition) is 1. The van der Waals surface area contributed by atoms with Crippen LogP contribution in [0.2, 0.25) is 0 Å². The van der Waals surface area contributed by atoms with Gasteiger partial charge in [-0.25, -0.2) is 8.78 Å². The number of likely N-dealkylation sites (tertiary alicyclic amines) is 1. The molecule has 2 aliphatic heterocycles. The third kappa shape index (κ3) is 4.92. The maximum Gasteiger partial charge on any atom is 0.217 e. The second-order valence-corrected chi connectivity index (χ2v) is 12.0. The second-order valence-electron chi connectivity index (χ2n) is 12.0. The average Bonchev–Trinajstić information content (AvgIpc) is 3.40. The average molecular weight is 512 g/mol. The van der Waals surface area contributed by atoms with Crippen molar-refractivity contribution in [3.63, 3.8) is 0 Å². The van der Waals surface area contributed by atoms with Crippen LogP contribution in [0.3, 0.4) is 0 Å². The first-order valence-corrected chi connectivity index (χ1v) is 13.3. The molecule has 2 aromatic carbocycles. The van der Waals surface area contributed by atoms with E-state index in [2.05, 4.69) is 43.1 Å². The van der Waals surface area contributed by atoms with Crippen molar-refractivity contribution < 1.29 is 13.6 Å². The summed E-state index contributed by atoms with van der Waals surface area (Å²) < 4.78 is 28.5. The lowest BCUT2D eigenvalue weighted by atomic mass is 9.74. The minimum absolute atomic E-state index is 0.00962. The fourth-order valence-electron chi connectivity index (χ4n) is 6.74. The van der Waals surface area contributed by atoms with Gasteiger partial charge in [-0.3, -0.25) is 14.7 Å². The molecule has 0 bridgehead atoms. The number of amides is 1. The Kier molecular flexibility index (Phi) is 6.90. The standard InChI is InChI=1S/C29H37F2N4O2/c1-19(36)32-26-16-29(24-8-6-5-7-22(24)26)11-13-34(14-12-29)35(37)27-18-33(28(2,3)4)17-23(27)21-10-9-20(30)15-25(21)31/h5-10,15,23,26-27H,11-14,16-18H2,1-4H3,(H,32,36)/q-1/t23?,26?,27-/m1/s1. The van der Waals surface area contributed by atoms with Crippen LogP contribution >= 0.6 is 0 Å². The van der Waals surface area contributed by atoms with Gasteiger partial charge in [0.1, 0.15) is 11.6 Å². The van der Waals surface area contributed by atoms with Gasteiger partial charge in [0.15, 0.2) is 0 Å². The Hall–Kier alpha value is -2.39. The zero-order valence-corrected chi connectivity index (χ0v) is 22.1. The van der Waals surface area contributed by atoms with Gasteiger partial charge < -0.3 is 15.7 Å². The third-order valence-electron chi connectivity index (χ3n) is 8.74. The third-order valence-corrected chi connectivity index (χ3v) is 8.74. The van der Waals surface area contributed by atoms with Crippen LogP contribution in [0.25, 0.3) is 0 Å². The number of nitrogens with one attached hydrogen (secondary N) is 1. The van der Waals surface area contributed by atoms with Crippen LogP contribution in [-0.4, -0.2) is 58.7 Å². The summed E-state index contributed by atoms with van der Waals surface area (Å²) in [5.74, 6) is -1.60. The zero-order chi connectivity index (χ0) is 26.5. The summed E-state index contributed by atoms with van der Waals surface area (Å²) in [6.45, 7) is 10.1. The fourth-order valence-corrected chi connectivity index (χ4v) is 6.74. The quantitative estimate of drug-likeness (QED) is 0.594. The SMILES string of the molecule is CC(=O)NC1CC2(CCN(N([O-])[C@@H]3CN(C(C)(C)C)CC3c3ccc(F)cc3F)CC2)c2ccccc21. The molecule has 37 heavy (non-hydrogen) atoms. The zero-order valence-electron chi connectivity index (χ0n) is 22.1. The summed E-state index contributed by atoms with van der Waals surface area (Å²) in [5, 5.41) is 19.9. The summed E-state index contributed by atoms with van der Waals surface area (Å²) in [7, 11) is 0. The maximum absolute atomic E-state index is 14.9. The summed E-state index contributed by atoms with van der Waals surface area (Å²) in [4.78, 5) is 14.1. The van der Waals surface area contributed by atoms with E-state index in [1.165, 1.54) is 23.3 Å². The normalized spacial score (nSPS) is 26.1. The molecule has 0 saturated carbocycles. The van der Waals surface area contributed by atoms with Crippen molar-refractivity contribution in [3.05, 3.63) is 76.0 Å². The van der Waals surface area contributed by atoms with Gasteiger partial charge in [-0.1, -0.05) is 30.3 Å². The first-order valence-electron chi connectivity index (χ1n) is 13.3. The van der Waals surface area contributed by atoms with E-state index in [0.29, 0.717) is 31.7 Å². The Bertz CT molecular complexity index is 1160. The molecule has 1 spiro atoms. The molecule has 1 amide bonds. The highest BCUT2D eigenvalue weighted by molar-refractivity contribution is 5.73. The number of hydroxylamine groups is 1. The summed E-state index contributed by atoms with van der Waals surface area (Å²) >= 11 is 0. The Morgan fingerprint density at radius 2 is 1.78 bits per heavy atom. The molecule has 6 nitrogen and oxygen atoms in total. The molecule has 2 fully saturated rings. The molecule has 0 radical (unpaired) electrons. The molecule has 0 aromatic heterocycles. The fraction of sp³-hybridized carbons (Fsp3) is 0.552.